The first-order valence-electron chi connectivity index (χ1n) is 15.5. The first kappa shape index (κ1) is 30.7. The maximum Gasteiger partial charge on any atom is 0.0334 e. The second kappa shape index (κ2) is 10.3. The molecular weight excluding hydrogens is 448 g/mol. The molecule has 0 saturated heterocycles. The van der Waals surface area contributed by atoms with Crippen molar-refractivity contribution in [2.45, 2.75) is 134 Å². The lowest BCUT2D eigenvalue weighted by molar-refractivity contribution is -0.244. The molecule has 4 aliphatic rings. The molecule has 0 heterocycles. The Balaban J connectivity index is 0.00000380. The predicted molar refractivity (Wildman–Crippen MR) is 164 cm³/mol. The van der Waals surface area contributed by atoms with Crippen molar-refractivity contribution in [2.75, 3.05) is 6.54 Å². The van der Waals surface area contributed by atoms with Gasteiger partial charge in [-0.3, -0.25) is 0 Å². The summed E-state index contributed by atoms with van der Waals surface area (Å²) in [6.07, 6.45) is 14.5. The molecule has 4 saturated carbocycles. The number of nitrogens with zero attached hydrogens (tertiary/aromatic N) is 1. The van der Waals surface area contributed by atoms with E-state index in [4.69, 9.17) is 0 Å². The van der Waals surface area contributed by atoms with Crippen LogP contribution in [0.25, 0.3) is 0 Å². The molecule has 0 amide bonds. The van der Waals surface area contributed by atoms with Gasteiger partial charge in [-0.05, 0) is 134 Å². The molecule has 4 fully saturated rings. The van der Waals surface area contributed by atoms with E-state index in [0.717, 1.165) is 30.2 Å². The van der Waals surface area contributed by atoms with Crippen molar-refractivity contribution >= 4 is 6.21 Å². The van der Waals surface area contributed by atoms with Crippen LogP contribution < -0.4 is 5.43 Å². The normalized spacial score (nSPS) is 47.7. The third-order valence-corrected chi connectivity index (χ3v) is 14.3. The van der Waals surface area contributed by atoms with Gasteiger partial charge in [0.25, 0.3) is 0 Å². The van der Waals surface area contributed by atoms with Gasteiger partial charge in [-0.1, -0.05) is 75.0 Å². The summed E-state index contributed by atoms with van der Waals surface area (Å²) in [5.74, 6) is 4.71. The van der Waals surface area contributed by atoms with Crippen LogP contribution in [0.15, 0.2) is 17.3 Å². The van der Waals surface area contributed by atoms with Crippen LogP contribution in [0.2, 0.25) is 0 Å². The van der Waals surface area contributed by atoms with Gasteiger partial charge in [0.05, 0.1) is 0 Å². The molecule has 0 aromatic rings. The van der Waals surface area contributed by atoms with E-state index >= 15 is 0 Å². The monoisotopic (exact) mass is 513 g/mol. The number of fused-ring (bicyclic) bond motifs is 5. The Kier molecular flexibility index (Phi) is 8.57. The van der Waals surface area contributed by atoms with E-state index < -0.39 is 0 Å². The summed E-state index contributed by atoms with van der Waals surface area (Å²) in [5, 5.41) is 4.32. The van der Waals surface area contributed by atoms with Gasteiger partial charge in [0, 0.05) is 12.8 Å². The Morgan fingerprint density at radius 1 is 0.946 bits per heavy atom. The second-order valence-corrected chi connectivity index (χ2v) is 15.8. The SMILES string of the molecule is C.C=C(C)C(C)C1C2CCC3C4(C)CCC(C)C(C)(C)C4CCC3(C)C2(C)CCC1(C)CCN/N=C/C. The molecule has 2 heteroatoms. The van der Waals surface area contributed by atoms with Crippen molar-refractivity contribution in [2.24, 2.45) is 67.7 Å². The van der Waals surface area contributed by atoms with Gasteiger partial charge in [-0.2, -0.15) is 5.10 Å². The Hall–Kier alpha value is -0.790. The molecular formula is C35H64N2. The van der Waals surface area contributed by atoms with Crippen LogP contribution in [0.4, 0.5) is 0 Å². The van der Waals surface area contributed by atoms with E-state index in [0.29, 0.717) is 38.9 Å². The fraction of sp³-hybridized carbons (Fsp3) is 0.914. The molecule has 4 rings (SSSR count). The van der Waals surface area contributed by atoms with E-state index in [-0.39, 0.29) is 7.43 Å². The lowest BCUT2D eigenvalue weighted by Gasteiger charge is -2.73. The second-order valence-electron chi connectivity index (χ2n) is 15.8. The Morgan fingerprint density at radius 2 is 1.62 bits per heavy atom. The van der Waals surface area contributed by atoms with Crippen molar-refractivity contribution in [1.82, 2.24) is 5.43 Å². The van der Waals surface area contributed by atoms with Gasteiger partial charge in [0.15, 0.2) is 0 Å². The van der Waals surface area contributed by atoms with E-state index in [1.54, 1.807) is 0 Å². The van der Waals surface area contributed by atoms with Crippen molar-refractivity contribution in [3.63, 3.8) is 0 Å². The van der Waals surface area contributed by atoms with Crippen LogP contribution in [0, 0.1) is 62.6 Å². The average molecular weight is 513 g/mol. The molecule has 0 bridgehead atoms. The zero-order chi connectivity index (χ0) is 26.7. The molecule has 10 unspecified atom stereocenters. The lowest BCUT2D eigenvalue weighted by atomic mass is 9.31. The van der Waals surface area contributed by atoms with Gasteiger partial charge in [-0.15, -0.1) is 0 Å². The van der Waals surface area contributed by atoms with Crippen LogP contribution in [0.3, 0.4) is 0 Å². The fourth-order valence-electron chi connectivity index (χ4n) is 11.4. The third kappa shape index (κ3) is 4.47. The number of hydrogen-bond donors (Lipinski definition) is 1. The number of allylic oxidation sites excluding steroid dienone is 1. The maximum atomic E-state index is 4.51. The highest BCUT2D eigenvalue weighted by atomic mass is 15.3. The number of nitrogens with one attached hydrogen (secondary N) is 1. The summed E-state index contributed by atoms with van der Waals surface area (Å²) >= 11 is 0. The van der Waals surface area contributed by atoms with E-state index in [1.807, 2.05) is 13.1 Å². The van der Waals surface area contributed by atoms with Gasteiger partial charge in [0.2, 0.25) is 0 Å². The highest BCUT2D eigenvalue weighted by Gasteiger charge is 2.69. The molecule has 37 heavy (non-hydrogen) atoms. The summed E-state index contributed by atoms with van der Waals surface area (Å²) < 4.78 is 0. The summed E-state index contributed by atoms with van der Waals surface area (Å²) in [6.45, 7) is 31.0. The van der Waals surface area contributed by atoms with Gasteiger partial charge in [-0.25, -0.2) is 0 Å². The van der Waals surface area contributed by atoms with E-state index in [1.165, 1.54) is 63.4 Å². The van der Waals surface area contributed by atoms with Crippen molar-refractivity contribution in [1.29, 1.82) is 0 Å². The molecule has 0 aliphatic heterocycles. The van der Waals surface area contributed by atoms with E-state index in [9.17, 15) is 0 Å². The van der Waals surface area contributed by atoms with Crippen molar-refractivity contribution in [3.05, 3.63) is 12.2 Å². The van der Waals surface area contributed by atoms with Crippen LogP contribution >= 0.6 is 0 Å². The molecule has 10 atom stereocenters. The van der Waals surface area contributed by atoms with Crippen LogP contribution in [-0.2, 0) is 0 Å². The molecule has 0 aromatic heterocycles. The van der Waals surface area contributed by atoms with Gasteiger partial charge >= 0.3 is 0 Å². The molecule has 214 valence electrons. The quantitative estimate of drug-likeness (QED) is 0.163. The number of hydrogen-bond acceptors (Lipinski definition) is 2. The smallest absolute Gasteiger partial charge is 0.0334 e. The largest absolute Gasteiger partial charge is 0.310 e. The Labute approximate surface area is 232 Å². The minimum Gasteiger partial charge on any atom is -0.310 e. The zero-order valence-corrected chi connectivity index (χ0v) is 25.8. The fourth-order valence-corrected chi connectivity index (χ4v) is 11.4. The topological polar surface area (TPSA) is 24.4 Å². The molecule has 1 N–H and O–H groups in total. The number of rotatable bonds is 6. The molecule has 2 nitrogen and oxygen atoms in total. The number of hydrazone groups is 1. The summed E-state index contributed by atoms with van der Waals surface area (Å²) in [7, 11) is 0. The minimum atomic E-state index is 0. The average Bonchev–Trinajstić information content (AvgIpc) is 2.80. The standard InChI is InChI=1S/C34H60N2.CH4/c1-12-35-36-22-21-31(8)19-20-33(10)26(29(31)25(5)23(2)3)13-14-28-32(9)17-15-24(4)30(6,7)27(32)16-18-34(28,33)11;/h12,24-29,36H,2,13-22H2,1,3-11H3;1H4/b35-12+;. The van der Waals surface area contributed by atoms with Crippen molar-refractivity contribution < 1.29 is 0 Å². The molecule has 0 radical (unpaired) electrons. The highest BCUT2D eigenvalue weighted by molar-refractivity contribution is 5.52. The molecule has 4 aliphatic carbocycles. The van der Waals surface area contributed by atoms with E-state index in [2.05, 4.69) is 79.4 Å². The summed E-state index contributed by atoms with van der Waals surface area (Å²) in [5.41, 5.74) is 6.94. The third-order valence-electron chi connectivity index (χ3n) is 14.3. The maximum absolute atomic E-state index is 4.51. The highest BCUT2D eigenvalue weighted by Crippen LogP contribution is 2.76. The molecule has 0 spiro atoms. The van der Waals surface area contributed by atoms with Crippen LogP contribution in [-0.4, -0.2) is 12.8 Å². The predicted octanol–water partition coefficient (Wildman–Crippen LogP) is 10.1. The Bertz CT molecular complexity index is 857. The minimum absolute atomic E-state index is 0. The first-order valence-corrected chi connectivity index (χ1v) is 15.5. The van der Waals surface area contributed by atoms with Crippen LogP contribution in [0.5, 0.6) is 0 Å². The van der Waals surface area contributed by atoms with Crippen molar-refractivity contribution in [3.8, 4) is 0 Å². The zero-order valence-electron chi connectivity index (χ0n) is 25.8. The van der Waals surface area contributed by atoms with Gasteiger partial charge in [0.1, 0.15) is 0 Å². The van der Waals surface area contributed by atoms with Crippen LogP contribution in [0.1, 0.15) is 134 Å². The Morgan fingerprint density at radius 3 is 2.24 bits per heavy atom. The summed E-state index contributed by atoms with van der Waals surface area (Å²) in [4.78, 5) is 0. The molecule has 0 aromatic carbocycles. The lowest BCUT2D eigenvalue weighted by Crippen LogP contribution is -2.66. The first-order chi connectivity index (χ1) is 16.7. The summed E-state index contributed by atoms with van der Waals surface area (Å²) in [6, 6.07) is 0. The van der Waals surface area contributed by atoms with Gasteiger partial charge < -0.3 is 5.43 Å².